The predicted molar refractivity (Wildman–Crippen MR) is 47.4 cm³/mol. The summed E-state index contributed by atoms with van der Waals surface area (Å²) in [4.78, 5) is 0. The molecule has 2 nitrogen and oxygen atoms in total. The molecule has 0 radical (unpaired) electrons. The third kappa shape index (κ3) is 1.61. The first-order valence-electron chi connectivity index (χ1n) is 4.74. The van der Waals surface area contributed by atoms with Crippen molar-refractivity contribution in [1.29, 1.82) is 5.26 Å². The molecule has 0 amide bonds. The molecule has 0 aliphatic heterocycles. The molecule has 12 heavy (non-hydrogen) atoms. The minimum atomic E-state index is -0.649. The Kier molecular flexibility index (Phi) is 2.74. The van der Waals surface area contributed by atoms with Crippen LogP contribution in [0.1, 0.15) is 39.5 Å². The topological polar surface area (TPSA) is 44.0 Å². The molecule has 1 rings (SSSR count). The molecule has 1 aliphatic rings. The van der Waals surface area contributed by atoms with Gasteiger partial charge < -0.3 is 5.11 Å². The van der Waals surface area contributed by atoms with Gasteiger partial charge >= 0.3 is 0 Å². The lowest BCUT2D eigenvalue weighted by Crippen LogP contribution is -2.48. The summed E-state index contributed by atoms with van der Waals surface area (Å²) in [6.45, 7) is 4.17. The standard InChI is InChI=1S/C10H17NO/c1-3-4-9(7-11)10(12)5-8(2)6-10/h8-9,12H,3-6H2,1-2H3. The Balaban J connectivity index is 2.50. The average molecular weight is 167 g/mol. The van der Waals surface area contributed by atoms with Crippen molar-refractivity contribution < 1.29 is 5.11 Å². The summed E-state index contributed by atoms with van der Waals surface area (Å²) >= 11 is 0. The van der Waals surface area contributed by atoms with Gasteiger partial charge in [-0.1, -0.05) is 20.3 Å². The van der Waals surface area contributed by atoms with E-state index in [4.69, 9.17) is 5.26 Å². The minimum absolute atomic E-state index is 0.140. The first-order chi connectivity index (χ1) is 5.62. The molecule has 0 bridgehead atoms. The monoisotopic (exact) mass is 167 g/mol. The smallest absolute Gasteiger partial charge is 0.0810 e. The Morgan fingerprint density at radius 2 is 2.25 bits per heavy atom. The van der Waals surface area contributed by atoms with Crippen molar-refractivity contribution in [3.05, 3.63) is 0 Å². The molecule has 1 atom stereocenters. The van der Waals surface area contributed by atoms with Crippen molar-refractivity contribution in [2.24, 2.45) is 11.8 Å². The number of nitriles is 1. The third-order valence-electron chi connectivity index (χ3n) is 2.79. The molecule has 1 unspecified atom stereocenters. The van der Waals surface area contributed by atoms with Gasteiger partial charge in [-0.15, -0.1) is 0 Å². The van der Waals surface area contributed by atoms with Gasteiger partial charge in [-0.2, -0.15) is 5.26 Å². The van der Waals surface area contributed by atoms with E-state index in [2.05, 4.69) is 19.9 Å². The van der Waals surface area contributed by atoms with Crippen LogP contribution in [0.25, 0.3) is 0 Å². The van der Waals surface area contributed by atoms with Crippen LogP contribution in [0.15, 0.2) is 0 Å². The highest BCUT2D eigenvalue weighted by molar-refractivity contribution is 5.05. The van der Waals surface area contributed by atoms with Crippen LogP contribution in [0, 0.1) is 23.2 Å². The Morgan fingerprint density at radius 1 is 1.67 bits per heavy atom. The van der Waals surface area contributed by atoms with Crippen LogP contribution in [-0.2, 0) is 0 Å². The van der Waals surface area contributed by atoms with E-state index in [-0.39, 0.29) is 5.92 Å². The number of rotatable bonds is 3. The van der Waals surface area contributed by atoms with Gasteiger partial charge in [0.1, 0.15) is 0 Å². The van der Waals surface area contributed by atoms with E-state index in [9.17, 15) is 5.11 Å². The van der Waals surface area contributed by atoms with Crippen LogP contribution >= 0.6 is 0 Å². The molecule has 0 aromatic rings. The Bertz CT molecular complexity index is 189. The molecule has 0 aromatic carbocycles. The average Bonchev–Trinajstić information content (AvgIpc) is 1.97. The van der Waals surface area contributed by atoms with Gasteiger partial charge in [0.25, 0.3) is 0 Å². The zero-order valence-corrected chi connectivity index (χ0v) is 7.88. The highest BCUT2D eigenvalue weighted by atomic mass is 16.3. The molecule has 0 spiro atoms. The van der Waals surface area contributed by atoms with Crippen molar-refractivity contribution in [1.82, 2.24) is 0 Å². The second-order valence-corrected chi connectivity index (χ2v) is 4.09. The van der Waals surface area contributed by atoms with Gasteiger partial charge in [0.05, 0.1) is 17.6 Å². The molecule has 0 saturated heterocycles. The number of aliphatic hydroxyl groups is 1. The summed E-state index contributed by atoms with van der Waals surface area (Å²) in [5.41, 5.74) is -0.649. The van der Waals surface area contributed by atoms with Crippen LogP contribution in [0.4, 0.5) is 0 Å². The van der Waals surface area contributed by atoms with E-state index in [0.717, 1.165) is 25.7 Å². The summed E-state index contributed by atoms with van der Waals surface area (Å²) in [6.07, 6.45) is 3.44. The predicted octanol–water partition coefficient (Wildman–Crippen LogP) is 2.09. The lowest BCUT2D eigenvalue weighted by molar-refractivity contribution is -0.0988. The third-order valence-corrected chi connectivity index (χ3v) is 2.79. The number of nitrogens with zero attached hydrogens (tertiary/aromatic N) is 1. The quantitative estimate of drug-likeness (QED) is 0.699. The van der Waals surface area contributed by atoms with Crippen molar-refractivity contribution >= 4 is 0 Å². The minimum Gasteiger partial charge on any atom is -0.389 e. The molecular weight excluding hydrogens is 150 g/mol. The Labute approximate surface area is 74.2 Å². The lowest BCUT2D eigenvalue weighted by Gasteiger charge is -2.45. The largest absolute Gasteiger partial charge is 0.389 e. The highest BCUT2D eigenvalue weighted by Gasteiger charge is 2.46. The zero-order chi connectivity index (χ0) is 9.19. The van der Waals surface area contributed by atoms with Gasteiger partial charge in [0.2, 0.25) is 0 Å². The molecule has 1 N–H and O–H groups in total. The number of hydrogen-bond donors (Lipinski definition) is 1. The van der Waals surface area contributed by atoms with Crippen LogP contribution < -0.4 is 0 Å². The molecular formula is C10H17NO. The Morgan fingerprint density at radius 3 is 2.58 bits per heavy atom. The maximum absolute atomic E-state index is 9.95. The highest BCUT2D eigenvalue weighted by Crippen LogP contribution is 2.43. The van der Waals surface area contributed by atoms with Crippen molar-refractivity contribution in [3.8, 4) is 6.07 Å². The lowest BCUT2D eigenvalue weighted by atomic mass is 9.64. The van der Waals surface area contributed by atoms with Crippen LogP contribution in [0.2, 0.25) is 0 Å². The maximum atomic E-state index is 9.95. The summed E-state index contributed by atoms with van der Waals surface area (Å²) in [7, 11) is 0. The van der Waals surface area contributed by atoms with E-state index in [1.54, 1.807) is 0 Å². The van der Waals surface area contributed by atoms with Gasteiger partial charge in [-0.3, -0.25) is 0 Å². The van der Waals surface area contributed by atoms with E-state index in [1.807, 2.05) is 0 Å². The van der Waals surface area contributed by atoms with Crippen LogP contribution in [-0.4, -0.2) is 10.7 Å². The summed E-state index contributed by atoms with van der Waals surface area (Å²) in [6, 6.07) is 2.22. The Hall–Kier alpha value is -0.550. The van der Waals surface area contributed by atoms with Gasteiger partial charge in [-0.05, 0) is 25.2 Å². The van der Waals surface area contributed by atoms with Gasteiger partial charge in [0.15, 0.2) is 0 Å². The maximum Gasteiger partial charge on any atom is 0.0810 e. The van der Waals surface area contributed by atoms with Crippen molar-refractivity contribution in [2.75, 3.05) is 0 Å². The molecule has 1 fully saturated rings. The van der Waals surface area contributed by atoms with Gasteiger partial charge in [0, 0.05) is 0 Å². The number of hydrogen-bond acceptors (Lipinski definition) is 2. The van der Waals surface area contributed by atoms with Crippen LogP contribution in [0.5, 0.6) is 0 Å². The molecule has 2 heteroatoms. The molecule has 68 valence electrons. The molecule has 0 aromatic heterocycles. The fraction of sp³-hybridized carbons (Fsp3) is 0.900. The van der Waals surface area contributed by atoms with E-state index in [1.165, 1.54) is 0 Å². The van der Waals surface area contributed by atoms with Crippen LogP contribution in [0.3, 0.4) is 0 Å². The van der Waals surface area contributed by atoms with E-state index < -0.39 is 5.60 Å². The second-order valence-electron chi connectivity index (χ2n) is 4.09. The molecule has 1 saturated carbocycles. The summed E-state index contributed by atoms with van der Waals surface area (Å²) < 4.78 is 0. The SMILES string of the molecule is CCCC(C#N)C1(O)CC(C)C1. The first-order valence-corrected chi connectivity index (χ1v) is 4.74. The molecule has 1 aliphatic carbocycles. The zero-order valence-electron chi connectivity index (χ0n) is 7.88. The summed E-state index contributed by atoms with van der Waals surface area (Å²) in [5.74, 6) is 0.460. The second kappa shape index (κ2) is 3.45. The van der Waals surface area contributed by atoms with E-state index >= 15 is 0 Å². The fourth-order valence-corrected chi connectivity index (χ4v) is 2.17. The first kappa shape index (κ1) is 9.54. The fourth-order valence-electron chi connectivity index (χ4n) is 2.17. The normalized spacial score (nSPS) is 36.7. The van der Waals surface area contributed by atoms with E-state index in [0.29, 0.717) is 5.92 Å². The molecule has 0 heterocycles. The van der Waals surface area contributed by atoms with Gasteiger partial charge in [-0.25, -0.2) is 0 Å². The van der Waals surface area contributed by atoms with Crippen molar-refractivity contribution in [3.63, 3.8) is 0 Å². The van der Waals surface area contributed by atoms with Crippen molar-refractivity contribution in [2.45, 2.75) is 45.1 Å². The summed E-state index contributed by atoms with van der Waals surface area (Å²) in [5, 5.41) is 18.8.